The van der Waals surface area contributed by atoms with Crippen LogP contribution >= 0.6 is 0 Å². The van der Waals surface area contributed by atoms with Gasteiger partial charge in [-0.15, -0.1) is 0 Å². The number of aromatic nitrogens is 4. The fourth-order valence-corrected chi connectivity index (χ4v) is 2.90. The lowest BCUT2D eigenvalue weighted by atomic mass is 10.2. The van der Waals surface area contributed by atoms with E-state index >= 15 is 0 Å². The Morgan fingerprint density at radius 3 is 2.77 bits per heavy atom. The molecule has 3 heterocycles. The number of carbonyl (C=O) groups is 2. The third-order valence-electron chi connectivity index (χ3n) is 4.11. The summed E-state index contributed by atoms with van der Waals surface area (Å²) >= 11 is 0. The van der Waals surface area contributed by atoms with Crippen LogP contribution < -0.4 is 5.32 Å². The first-order chi connectivity index (χ1) is 12.6. The van der Waals surface area contributed by atoms with Crippen molar-refractivity contribution in [3.63, 3.8) is 0 Å². The highest BCUT2D eigenvalue weighted by molar-refractivity contribution is 6.08. The van der Waals surface area contributed by atoms with Crippen LogP contribution in [0.3, 0.4) is 0 Å². The predicted octanol–water partition coefficient (Wildman–Crippen LogP) is 2.15. The van der Waals surface area contributed by atoms with Crippen molar-refractivity contribution >= 4 is 28.6 Å². The van der Waals surface area contributed by atoms with Crippen LogP contribution in [0, 0.1) is 0 Å². The molecule has 132 valence electrons. The second-order valence-corrected chi connectivity index (χ2v) is 5.87. The zero-order chi connectivity index (χ0) is 18.1. The number of benzene rings is 1. The number of rotatable bonds is 4. The highest BCUT2D eigenvalue weighted by Crippen LogP contribution is 2.28. The Bertz CT molecular complexity index is 994. The normalized spacial score (nSPS) is 16.7. The van der Waals surface area contributed by atoms with E-state index in [1.165, 1.54) is 12.4 Å². The quantitative estimate of drug-likeness (QED) is 0.655. The largest absolute Gasteiger partial charge is 0.476 e. The standard InChI is InChI=1S/C17H15N5O4/c23-16(13-14(17(24)25)19-6-5-18-13)20-9-3-4-10-11(8-9)22-15(21-10)12-2-1-7-26-12/h3-6,8,12H,1-2,7H2,(H,20,23)(H,21,22)(H,24,25). The number of hydrogen-bond donors (Lipinski definition) is 3. The van der Waals surface area contributed by atoms with E-state index in [2.05, 4.69) is 25.3 Å². The Morgan fingerprint density at radius 1 is 1.23 bits per heavy atom. The molecular formula is C17H15N5O4. The third kappa shape index (κ3) is 3.00. The lowest BCUT2D eigenvalue weighted by Crippen LogP contribution is -2.19. The van der Waals surface area contributed by atoms with E-state index in [-0.39, 0.29) is 11.8 Å². The summed E-state index contributed by atoms with van der Waals surface area (Å²) < 4.78 is 5.62. The van der Waals surface area contributed by atoms with Gasteiger partial charge in [0.15, 0.2) is 11.4 Å². The van der Waals surface area contributed by atoms with Crippen LogP contribution in [0.2, 0.25) is 0 Å². The molecule has 3 aromatic rings. The van der Waals surface area contributed by atoms with Gasteiger partial charge >= 0.3 is 5.97 Å². The minimum Gasteiger partial charge on any atom is -0.476 e. The van der Waals surface area contributed by atoms with Gasteiger partial charge in [-0.1, -0.05) is 0 Å². The zero-order valence-electron chi connectivity index (χ0n) is 13.6. The summed E-state index contributed by atoms with van der Waals surface area (Å²) in [6, 6.07) is 5.20. The van der Waals surface area contributed by atoms with Crippen LogP contribution in [-0.2, 0) is 4.74 Å². The number of nitrogens with zero attached hydrogens (tertiary/aromatic N) is 3. The van der Waals surface area contributed by atoms with Gasteiger partial charge in [0.25, 0.3) is 5.91 Å². The maximum absolute atomic E-state index is 12.4. The lowest BCUT2D eigenvalue weighted by molar-refractivity contribution is 0.0685. The maximum atomic E-state index is 12.4. The maximum Gasteiger partial charge on any atom is 0.356 e. The van der Waals surface area contributed by atoms with E-state index < -0.39 is 17.6 Å². The van der Waals surface area contributed by atoms with Crippen LogP contribution in [0.25, 0.3) is 11.0 Å². The third-order valence-corrected chi connectivity index (χ3v) is 4.11. The van der Waals surface area contributed by atoms with E-state index in [4.69, 9.17) is 9.84 Å². The molecule has 1 unspecified atom stereocenters. The highest BCUT2D eigenvalue weighted by Gasteiger charge is 2.22. The molecule has 1 fully saturated rings. The zero-order valence-corrected chi connectivity index (χ0v) is 13.6. The van der Waals surface area contributed by atoms with Crippen molar-refractivity contribution in [2.24, 2.45) is 0 Å². The fraction of sp³-hybridized carbons (Fsp3) is 0.235. The van der Waals surface area contributed by atoms with E-state index in [1.807, 2.05) is 0 Å². The number of imidazole rings is 1. The van der Waals surface area contributed by atoms with Crippen LogP contribution in [0.15, 0.2) is 30.6 Å². The van der Waals surface area contributed by atoms with Crippen LogP contribution in [0.4, 0.5) is 5.69 Å². The molecule has 0 radical (unpaired) electrons. The summed E-state index contributed by atoms with van der Waals surface area (Å²) in [4.78, 5) is 38.8. The lowest BCUT2D eigenvalue weighted by Gasteiger charge is -2.06. The molecule has 0 bridgehead atoms. The number of amides is 1. The molecule has 0 spiro atoms. The van der Waals surface area contributed by atoms with Gasteiger partial charge < -0.3 is 20.1 Å². The summed E-state index contributed by atoms with van der Waals surface area (Å²) in [6.07, 6.45) is 4.40. The molecule has 0 aliphatic carbocycles. The molecule has 26 heavy (non-hydrogen) atoms. The number of fused-ring (bicyclic) bond motifs is 1. The number of hydrogen-bond acceptors (Lipinski definition) is 6. The molecule has 9 heteroatoms. The number of anilines is 1. The Morgan fingerprint density at radius 2 is 2.04 bits per heavy atom. The molecule has 1 amide bonds. The van der Waals surface area contributed by atoms with Crippen molar-refractivity contribution in [1.29, 1.82) is 0 Å². The monoisotopic (exact) mass is 353 g/mol. The SMILES string of the molecule is O=C(O)c1nccnc1C(=O)Nc1ccc2nc(C3CCCO3)[nH]c2c1. The molecule has 1 aliphatic heterocycles. The molecule has 1 aliphatic rings. The van der Waals surface area contributed by atoms with Gasteiger partial charge in [-0.3, -0.25) is 4.79 Å². The van der Waals surface area contributed by atoms with Crippen LogP contribution in [0.1, 0.15) is 45.7 Å². The Labute approximate surface area is 147 Å². The van der Waals surface area contributed by atoms with Crippen molar-refractivity contribution in [3.8, 4) is 0 Å². The summed E-state index contributed by atoms with van der Waals surface area (Å²) in [5.41, 5.74) is 1.37. The van der Waals surface area contributed by atoms with Gasteiger partial charge in [0.05, 0.1) is 11.0 Å². The summed E-state index contributed by atoms with van der Waals surface area (Å²) in [6.45, 7) is 0.729. The van der Waals surface area contributed by atoms with Crippen LogP contribution in [-0.4, -0.2) is 43.5 Å². The number of nitrogens with one attached hydrogen (secondary N) is 2. The first-order valence-corrected chi connectivity index (χ1v) is 8.09. The highest BCUT2D eigenvalue weighted by atomic mass is 16.5. The van der Waals surface area contributed by atoms with E-state index in [0.717, 1.165) is 36.3 Å². The number of carboxylic acids is 1. The van der Waals surface area contributed by atoms with Crippen molar-refractivity contribution in [3.05, 3.63) is 47.8 Å². The summed E-state index contributed by atoms with van der Waals surface area (Å²) in [5, 5.41) is 11.8. The molecule has 9 nitrogen and oxygen atoms in total. The number of aromatic amines is 1. The van der Waals surface area contributed by atoms with Gasteiger partial charge in [-0.25, -0.2) is 19.7 Å². The predicted molar refractivity (Wildman–Crippen MR) is 91.0 cm³/mol. The van der Waals surface area contributed by atoms with Crippen LogP contribution in [0.5, 0.6) is 0 Å². The molecule has 4 rings (SSSR count). The molecular weight excluding hydrogens is 338 g/mol. The van der Waals surface area contributed by atoms with Gasteiger partial charge in [0, 0.05) is 24.7 Å². The number of ether oxygens (including phenoxy) is 1. The number of aromatic carboxylic acids is 1. The first-order valence-electron chi connectivity index (χ1n) is 8.09. The average Bonchev–Trinajstić information content (AvgIpc) is 3.30. The molecule has 0 saturated carbocycles. The van der Waals surface area contributed by atoms with E-state index in [0.29, 0.717) is 5.69 Å². The van der Waals surface area contributed by atoms with Gasteiger partial charge in [0.1, 0.15) is 11.9 Å². The summed E-state index contributed by atoms with van der Waals surface area (Å²) in [5.74, 6) is -1.19. The fourth-order valence-electron chi connectivity index (χ4n) is 2.90. The molecule has 2 aromatic heterocycles. The summed E-state index contributed by atoms with van der Waals surface area (Å²) in [7, 11) is 0. The topological polar surface area (TPSA) is 130 Å². The number of carbonyl (C=O) groups excluding carboxylic acids is 1. The van der Waals surface area contributed by atoms with E-state index in [9.17, 15) is 9.59 Å². The molecule has 1 aromatic carbocycles. The van der Waals surface area contributed by atoms with Gasteiger partial charge in [0.2, 0.25) is 0 Å². The average molecular weight is 353 g/mol. The first kappa shape index (κ1) is 16.2. The Kier molecular flexibility index (Phi) is 4.05. The van der Waals surface area contributed by atoms with Gasteiger partial charge in [-0.05, 0) is 31.0 Å². The Balaban J connectivity index is 1.59. The van der Waals surface area contributed by atoms with Crippen molar-refractivity contribution in [2.45, 2.75) is 18.9 Å². The molecule has 1 atom stereocenters. The number of carboxylic acid groups (broad SMARTS) is 1. The smallest absolute Gasteiger partial charge is 0.356 e. The molecule has 1 saturated heterocycles. The van der Waals surface area contributed by atoms with Crippen molar-refractivity contribution in [2.75, 3.05) is 11.9 Å². The van der Waals surface area contributed by atoms with Crippen molar-refractivity contribution < 1.29 is 19.4 Å². The van der Waals surface area contributed by atoms with Crippen molar-refractivity contribution in [1.82, 2.24) is 19.9 Å². The molecule has 3 N–H and O–H groups in total. The minimum atomic E-state index is -1.31. The second kappa shape index (κ2) is 6.52. The second-order valence-electron chi connectivity index (χ2n) is 5.87. The van der Waals surface area contributed by atoms with E-state index in [1.54, 1.807) is 18.2 Å². The number of H-pyrrole nitrogens is 1. The minimum absolute atomic E-state index is 0.0295. The Hall–Kier alpha value is -3.33. The van der Waals surface area contributed by atoms with Gasteiger partial charge in [-0.2, -0.15) is 0 Å².